The van der Waals surface area contributed by atoms with Gasteiger partial charge in [0.1, 0.15) is 6.61 Å². The van der Waals surface area contributed by atoms with Gasteiger partial charge in [-0.2, -0.15) is 0 Å². The van der Waals surface area contributed by atoms with Crippen LogP contribution in [0.2, 0.25) is 10.0 Å². The molecule has 164 valence electrons. The third-order valence-corrected chi connectivity index (χ3v) is 5.11. The molecule has 0 aliphatic rings. The predicted molar refractivity (Wildman–Crippen MR) is 122 cm³/mol. The molecule has 0 saturated carbocycles. The number of hydrogen-bond donors (Lipinski definition) is 2. The molecule has 0 amide bonds. The minimum absolute atomic E-state index is 0.163. The van der Waals surface area contributed by atoms with Crippen LogP contribution in [0, 0.1) is 6.92 Å². The Morgan fingerprint density at radius 2 is 1.73 bits per heavy atom. The monoisotopic (exact) mass is 454 g/mol. The summed E-state index contributed by atoms with van der Waals surface area (Å²) in [5.41, 5.74) is 1.99. The minimum atomic E-state index is -1.01. The summed E-state index contributed by atoms with van der Waals surface area (Å²) in [7, 11) is 0. The molecule has 0 aromatic heterocycles. The fraction of sp³-hybridized carbons (Fsp3) is 0.364. The van der Waals surface area contributed by atoms with Gasteiger partial charge in [-0.25, -0.2) is 4.79 Å². The first-order valence-corrected chi connectivity index (χ1v) is 10.4. The van der Waals surface area contributed by atoms with Crippen molar-refractivity contribution in [3.8, 4) is 0 Å². The number of hydrogen-bond acceptors (Lipinski definition) is 5. The average Bonchev–Trinajstić information content (AvgIpc) is 2.72. The number of nitrogens with zero attached hydrogens (tertiary/aromatic N) is 1. The van der Waals surface area contributed by atoms with Crippen molar-refractivity contribution >= 4 is 46.5 Å². The highest BCUT2D eigenvalue weighted by Gasteiger charge is 2.13. The van der Waals surface area contributed by atoms with Crippen LogP contribution in [0.4, 0.5) is 11.4 Å². The minimum Gasteiger partial charge on any atom is -0.478 e. The number of carbonyl (C=O) groups is 2. The fourth-order valence-corrected chi connectivity index (χ4v) is 3.01. The summed E-state index contributed by atoms with van der Waals surface area (Å²) in [4.78, 5) is 23.7. The molecular weight excluding hydrogens is 427 g/mol. The number of aryl methyl sites for hydroxylation is 1. The number of esters is 1. The van der Waals surface area contributed by atoms with E-state index in [0.29, 0.717) is 28.0 Å². The van der Waals surface area contributed by atoms with Gasteiger partial charge in [-0.1, -0.05) is 55.2 Å². The average molecular weight is 455 g/mol. The molecule has 0 fully saturated rings. The Bertz CT molecular complexity index is 855. The largest absolute Gasteiger partial charge is 0.478 e. The molecule has 30 heavy (non-hydrogen) atoms. The van der Waals surface area contributed by atoms with E-state index in [4.69, 9.17) is 33.0 Å². The molecule has 0 aliphatic carbocycles. The number of aromatic carboxylic acids is 1. The zero-order valence-electron chi connectivity index (χ0n) is 17.7. The van der Waals surface area contributed by atoms with Crippen LogP contribution >= 0.6 is 23.2 Å². The predicted octanol–water partition coefficient (Wildman–Crippen LogP) is 5.63. The number of carboxylic acid groups (broad SMARTS) is 1. The molecule has 0 radical (unpaired) electrons. The van der Waals surface area contributed by atoms with E-state index >= 15 is 0 Å². The van der Waals surface area contributed by atoms with Gasteiger partial charge in [0.2, 0.25) is 0 Å². The first-order valence-electron chi connectivity index (χ1n) is 9.60. The molecular formula is C22H28Cl2N2O4. The molecule has 0 spiro atoms. The van der Waals surface area contributed by atoms with Crippen molar-refractivity contribution in [2.45, 2.75) is 27.7 Å². The molecule has 0 bridgehead atoms. The third kappa shape index (κ3) is 8.22. The molecule has 0 aliphatic heterocycles. The van der Waals surface area contributed by atoms with Gasteiger partial charge in [-0.3, -0.25) is 4.79 Å². The lowest BCUT2D eigenvalue weighted by molar-refractivity contribution is -0.141. The van der Waals surface area contributed by atoms with E-state index in [1.165, 1.54) is 13.0 Å². The lowest BCUT2D eigenvalue weighted by Crippen LogP contribution is -2.27. The number of nitrogens with one attached hydrogen (secondary N) is 1. The van der Waals surface area contributed by atoms with Crippen molar-refractivity contribution in [1.82, 2.24) is 4.90 Å². The number of halogens is 2. The van der Waals surface area contributed by atoms with Crippen molar-refractivity contribution < 1.29 is 19.4 Å². The van der Waals surface area contributed by atoms with Crippen molar-refractivity contribution in [3.63, 3.8) is 0 Å². The molecule has 2 rings (SSSR count). The van der Waals surface area contributed by atoms with Crippen LogP contribution in [0.3, 0.4) is 0 Å². The van der Waals surface area contributed by atoms with Crippen molar-refractivity contribution in [1.29, 1.82) is 0 Å². The van der Waals surface area contributed by atoms with Crippen molar-refractivity contribution in [2.75, 3.05) is 31.6 Å². The quantitative estimate of drug-likeness (QED) is 0.502. The number of carbonyl (C=O) groups excluding carboxylic acids is 1. The van der Waals surface area contributed by atoms with E-state index in [2.05, 4.69) is 24.1 Å². The zero-order chi connectivity index (χ0) is 22.7. The number of benzene rings is 2. The van der Waals surface area contributed by atoms with E-state index in [1.54, 1.807) is 30.3 Å². The van der Waals surface area contributed by atoms with Gasteiger partial charge in [0.05, 0.1) is 27.0 Å². The lowest BCUT2D eigenvalue weighted by Gasteiger charge is -2.16. The lowest BCUT2D eigenvalue weighted by atomic mass is 10.1. The Hall–Kier alpha value is -2.28. The zero-order valence-corrected chi connectivity index (χ0v) is 19.2. The molecule has 0 unspecified atom stereocenters. The van der Waals surface area contributed by atoms with Crippen LogP contribution in [0.1, 0.15) is 36.7 Å². The van der Waals surface area contributed by atoms with Crippen LogP contribution < -0.4 is 5.32 Å². The van der Waals surface area contributed by atoms with E-state index in [0.717, 1.165) is 25.2 Å². The molecule has 0 atom stereocenters. The molecule has 0 saturated heterocycles. The van der Waals surface area contributed by atoms with Crippen LogP contribution in [0.5, 0.6) is 0 Å². The molecule has 2 aromatic rings. The second kappa shape index (κ2) is 13.1. The maximum absolute atomic E-state index is 11.1. The maximum Gasteiger partial charge on any atom is 0.337 e. The molecule has 2 aromatic carbocycles. The van der Waals surface area contributed by atoms with Crippen LogP contribution in [0.15, 0.2) is 36.4 Å². The summed E-state index contributed by atoms with van der Waals surface area (Å²) in [5, 5.41) is 13.0. The van der Waals surface area contributed by atoms with Gasteiger partial charge in [0.15, 0.2) is 0 Å². The number of ether oxygens (including phenoxy) is 1. The topological polar surface area (TPSA) is 78.9 Å². The standard InChI is InChI=1S/C14H11Cl2NO2.C8H17NO2/c1-8-6-7-10(15)13(12(8)16)17-11-5-3-2-4-9(11)14(18)19;1-4-9(5-2)6-7-11-8(3)10/h2-7,17H,1H3,(H,18,19);4-7H2,1-3H3. The van der Waals surface area contributed by atoms with Crippen molar-refractivity contribution in [2.24, 2.45) is 0 Å². The summed E-state index contributed by atoms with van der Waals surface area (Å²) in [6.07, 6.45) is 0. The van der Waals surface area contributed by atoms with E-state index in [-0.39, 0.29) is 11.5 Å². The first kappa shape index (κ1) is 25.8. The highest BCUT2D eigenvalue weighted by Crippen LogP contribution is 2.35. The van der Waals surface area contributed by atoms with Gasteiger partial charge in [-0.15, -0.1) is 0 Å². The molecule has 6 nitrogen and oxygen atoms in total. The summed E-state index contributed by atoms with van der Waals surface area (Å²) in [5.74, 6) is -1.21. The summed E-state index contributed by atoms with van der Waals surface area (Å²) in [6.45, 7) is 10.9. The summed E-state index contributed by atoms with van der Waals surface area (Å²) < 4.78 is 4.80. The van der Waals surface area contributed by atoms with Crippen LogP contribution in [0.25, 0.3) is 0 Å². The number of rotatable bonds is 8. The van der Waals surface area contributed by atoms with E-state index < -0.39 is 5.97 Å². The highest BCUT2D eigenvalue weighted by molar-refractivity contribution is 6.39. The van der Waals surface area contributed by atoms with Gasteiger partial charge < -0.3 is 20.1 Å². The first-order chi connectivity index (χ1) is 14.2. The Balaban J connectivity index is 0.000000352. The maximum atomic E-state index is 11.1. The number of likely N-dealkylation sites (N-methyl/N-ethyl adjacent to an activating group) is 1. The Morgan fingerprint density at radius 3 is 2.30 bits per heavy atom. The van der Waals surface area contributed by atoms with Crippen molar-refractivity contribution in [3.05, 3.63) is 57.6 Å². The van der Waals surface area contributed by atoms with Gasteiger partial charge >= 0.3 is 11.9 Å². The molecule has 2 N–H and O–H groups in total. The molecule has 8 heteroatoms. The van der Waals surface area contributed by atoms with Gasteiger partial charge in [0, 0.05) is 13.5 Å². The summed E-state index contributed by atoms with van der Waals surface area (Å²) >= 11 is 12.3. The van der Waals surface area contributed by atoms with Gasteiger partial charge in [0.25, 0.3) is 0 Å². The smallest absolute Gasteiger partial charge is 0.337 e. The third-order valence-electron chi connectivity index (χ3n) is 4.31. The number of para-hydroxylation sites is 1. The Morgan fingerprint density at radius 1 is 1.10 bits per heavy atom. The normalized spacial score (nSPS) is 10.2. The van der Waals surface area contributed by atoms with Crippen LogP contribution in [-0.2, 0) is 9.53 Å². The SMILES string of the molecule is CCN(CC)CCOC(C)=O.Cc1ccc(Cl)c(Nc2ccccc2C(=O)O)c1Cl. The Labute approximate surface area is 187 Å². The number of carboxylic acids is 1. The van der Waals surface area contributed by atoms with Crippen LogP contribution in [-0.4, -0.2) is 48.2 Å². The van der Waals surface area contributed by atoms with E-state index in [1.807, 2.05) is 6.92 Å². The number of anilines is 2. The highest BCUT2D eigenvalue weighted by atomic mass is 35.5. The Kier molecular flexibility index (Phi) is 11.3. The fourth-order valence-electron chi connectivity index (χ4n) is 2.54. The second-order valence-electron chi connectivity index (χ2n) is 6.40. The summed E-state index contributed by atoms with van der Waals surface area (Å²) in [6, 6.07) is 10.1. The molecule has 0 heterocycles. The second-order valence-corrected chi connectivity index (χ2v) is 7.18. The van der Waals surface area contributed by atoms with Gasteiger partial charge in [-0.05, 0) is 43.8 Å². The van der Waals surface area contributed by atoms with E-state index in [9.17, 15) is 9.59 Å².